The Balaban J connectivity index is 2.34. The molecule has 0 N–H and O–H groups in total. The predicted molar refractivity (Wildman–Crippen MR) is 42.9 cm³/mol. The highest BCUT2D eigenvalue weighted by Crippen LogP contribution is 2.20. The number of fused-ring (bicyclic) bond motifs is 1. The molecule has 11 heavy (non-hydrogen) atoms. The molecule has 0 heterocycles. The standard InChI is InChI=1S/C10H11O/c11-10-6-5-8-3-1-2-4-9(8)7-10/h1-4,10H,5-7H2. The summed E-state index contributed by atoms with van der Waals surface area (Å²) in [4.78, 5) is 0. The first-order valence-corrected chi connectivity index (χ1v) is 4.09. The Hall–Kier alpha value is -0.820. The molecule has 0 aromatic heterocycles. The van der Waals surface area contributed by atoms with Crippen molar-refractivity contribution < 1.29 is 5.11 Å². The fourth-order valence-electron chi connectivity index (χ4n) is 1.66. The van der Waals surface area contributed by atoms with Crippen LogP contribution in [-0.2, 0) is 17.9 Å². The monoisotopic (exact) mass is 147 g/mol. The molecule has 1 atom stereocenters. The molecule has 0 bridgehead atoms. The Morgan fingerprint density at radius 3 is 2.73 bits per heavy atom. The zero-order chi connectivity index (χ0) is 7.68. The highest BCUT2D eigenvalue weighted by atomic mass is 16.3. The van der Waals surface area contributed by atoms with Gasteiger partial charge in [0.2, 0.25) is 0 Å². The molecule has 1 radical (unpaired) electrons. The zero-order valence-electron chi connectivity index (χ0n) is 6.42. The zero-order valence-corrected chi connectivity index (χ0v) is 6.42. The van der Waals surface area contributed by atoms with Crippen LogP contribution in [0.2, 0.25) is 0 Å². The maximum absolute atomic E-state index is 11.1. The van der Waals surface area contributed by atoms with Gasteiger partial charge in [-0.3, -0.25) is 0 Å². The molecule has 0 saturated carbocycles. The number of rotatable bonds is 0. The van der Waals surface area contributed by atoms with Crippen LogP contribution >= 0.6 is 0 Å². The average molecular weight is 147 g/mol. The van der Waals surface area contributed by atoms with E-state index >= 15 is 0 Å². The van der Waals surface area contributed by atoms with E-state index in [0.717, 1.165) is 19.3 Å². The van der Waals surface area contributed by atoms with Gasteiger partial charge in [0.15, 0.2) is 0 Å². The van der Waals surface area contributed by atoms with E-state index < -0.39 is 0 Å². The van der Waals surface area contributed by atoms with E-state index in [0.29, 0.717) is 0 Å². The number of hydrogen-bond acceptors (Lipinski definition) is 0. The summed E-state index contributed by atoms with van der Waals surface area (Å²) in [5.74, 6) is 0. The summed E-state index contributed by atoms with van der Waals surface area (Å²) in [5, 5.41) is 11.1. The van der Waals surface area contributed by atoms with Crippen molar-refractivity contribution in [3.8, 4) is 0 Å². The van der Waals surface area contributed by atoms with E-state index in [1.165, 1.54) is 11.1 Å². The highest BCUT2D eigenvalue weighted by molar-refractivity contribution is 5.29. The van der Waals surface area contributed by atoms with Crippen molar-refractivity contribution in [1.82, 2.24) is 0 Å². The Labute approximate surface area is 66.7 Å². The molecular formula is C10H11O. The van der Waals surface area contributed by atoms with Crippen LogP contribution in [0, 0.1) is 0 Å². The predicted octanol–water partition coefficient (Wildman–Crippen LogP) is 1.97. The summed E-state index contributed by atoms with van der Waals surface area (Å²) >= 11 is 0. The third-order valence-electron chi connectivity index (χ3n) is 2.30. The van der Waals surface area contributed by atoms with Crippen LogP contribution in [0.4, 0.5) is 0 Å². The van der Waals surface area contributed by atoms with Gasteiger partial charge in [0.25, 0.3) is 0 Å². The van der Waals surface area contributed by atoms with E-state index in [4.69, 9.17) is 0 Å². The van der Waals surface area contributed by atoms with Crippen LogP contribution in [-0.4, -0.2) is 6.10 Å². The molecule has 1 aromatic rings. The van der Waals surface area contributed by atoms with Crippen LogP contribution in [0.25, 0.3) is 0 Å². The minimum atomic E-state index is -0.357. The topological polar surface area (TPSA) is 19.9 Å². The second kappa shape index (κ2) is 2.67. The maximum Gasteiger partial charge on any atom is 0.0973 e. The lowest BCUT2D eigenvalue weighted by Crippen LogP contribution is -2.16. The maximum atomic E-state index is 11.1. The van der Waals surface area contributed by atoms with E-state index in [1.54, 1.807) is 0 Å². The second-order valence-electron chi connectivity index (χ2n) is 3.13. The van der Waals surface area contributed by atoms with Gasteiger partial charge in [-0.25, -0.2) is 5.11 Å². The van der Waals surface area contributed by atoms with Crippen molar-refractivity contribution in [1.29, 1.82) is 0 Å². The van der Waals surface area contributed by atoms with Gasteiger partial charge in [0.1, 0.15) is 0 Å². The van der Waals surface area contributed by atoms with Crippen molar-refractivity contribution >= 4 is 0 Å². The fraction of sp³-hybridized carbons (Fsp3) is 0.400. The van der Waals surface area contributed by atoms with Crippen molar-refractivity contribution in [2.45, 2.75) is 25.4 Å². The molecule has 1 aliphatic carbocycles. The first-order chi connectivity index (χ1) is 5.36. The largest absolute Gasteiger partial charge is 0.233 e. The summed E-state index contributed by atoms with van der Waals surface area (Å²) in [6, 6.07) is 8.25. The average Bonchev–Trinajstić information content (AvgIpc) is 2.04. The van der Waals surface area contributed by atoms with Gasteiger partial charge in [0.05, 0.1) is 6.10 Å². The number of aryl methyl sites for hydroxylation is 1. The van der Waals surface area contributed by atoms with Crippen LogP contribution < -0.4 is 0 Å². The van der Waals surface area contributed by atoms with Gasteiger partial charge in [0, 0.05) is 6.42 Å². The normalized spacial score (nSPS) is 22.8. The van der Waals surface area contributed by atoms with E-state index in [9.17, 15) is 5.11 Å². The third kappa shape index (κ3) is 1.29. The quantitative estimate of drug-likeness (QED) is 0.534. The molecule has 0 amide bonds. The molecule has 0 saturated heterocycles. The van der Waals surface area contributed by atoms with Crippen molar-refractivity contribution in [2.75, 3.05) is 0 Å². The molecule has 0 aliphatic heterocycles. The molecule has 1 unspecified atom stereocenters. The summed E-state index contributed by atoms with van der Waals surface area (Å²) in [5.41, 5.74) is 2.64. The molecule has 0 fully saturated rings. The molecule has 1 aliphatic rings. The van der Waals surface area contributed by atoms with Gasteiger partial charge in [-0.15, -0.1) is 0 Å². The molecule has 0 spiro atoms. The van der Waals surface area contributed by atoms with E-state index in [-0.39, 0.29) is 6.10 Å². The Morgan fingerprint density at radius 2 is 1.91 bits per heavy atom. The molecule has 57 valence electrons. The Bertz CT molecular complexity index is 255. The van der Waals surface area contributed by atoms with E-state index in [2.05, 4.69) is 12.1 Å². The lowest BCUT2D eigenvalue weighted by Gasteiger charge is -2.18. The van der Waals surface area contributed by atoms with Crippen LogP contribution in [0.3, 0.4) is 0 Å². The van der Waals surface area contributed by atoms with Crippen LogP contribution in [0.1, 0.15) is 17.5 Å². The van der Waals surface area contributed by atoms with Crippen LogP contribution in [0.5, 0.6) is 0 Å². The van der Waals surface area contributed by atoms with E-state index in [1.807, 2.05) is 12.1 Å². The number of benzene rings is 1. The molecular weight excluding hydrogens is 136 g/mol. The molecule has 1 aromatic carbocycles. The van der Waals surface area contributed by atoms with Gasteiger partial charge >= 0.3 is 0 Å². The summed E-state index contributed by atoms with van der Waals surface area (Å²) in [6.45, 7) is 0. The Morgan fingerprint density at radius 1 is 1.18 bits per heavy atom. The van der Waals surface area contributed by atoms with Crippen LogP contribution in [0.15, 0.2) is 24.3 Å². The minimum absolute atomic E-state index is 0.357. The first-order valence-electron chi connectivity index (χ1n) is 4.09. The Kier molecular flexibility index (Phi) is 1.66. The van der Waals surface area contributed by atoms with Gasteiger partial charge in [-0.05, 0) is 24.0 Å². The summed E-state index contributed by atoms with van der Waals surface area (Å²) < 4.78 is 0. The smallest absolute Gasteiger partial charge is 0.0973 e. The van der Waals surface area contributed by atoms with Crippen molar-refractivity contribution in [3.63, 3.8) is 0 Å². The summed E-state index contributed by atoms with van der Waals surface area (Å²) in [7, 11) is 0. The lowest BCUT2D eigenvalue weighted by molar-refractivity contribution is 0.0770. The third-order valence-corrected chi connectivity index (χ3v) is 2.30. The van der Waals surface area contributed by atoms with Gasteiger partial charge in [-0.1, -0.05) is 24.3 Å². The lowest BCUT2D eigenvalue weighted by atomic mass is 9.90. The van der Waals surface area contributed by atoms with Gasteiger partial charge in [-0.2, -0.15) is 0 Å². The fourth-order valence-corrected chi connectivity index (χ4v) is 1.66. The first kappa shape index (κ1) is 6.86. The highest BCUT2D eigenvalue weighted by Gasteiger charge is 2.16. The van der Waals surface area contributed by atoms with Crippen molar-refractivity contribution in [2.24, 2.45) is 0 Å². The van der Waals surface area contributed by atoms with Crippen molar-refractivity contribution in [3.05, 3.63) is 35.4 Å². The minimum Gasteiger partial charge on any atom is -0.233 e. The number of hydrogen-bond donors (Lipinski definition) is 0. The van der Waals surface area contributed by atoms with Gasteiger partial charge < -0.3 is 0 Å². The molecule has 2 rings (SSSR count). The second-order valence-corrected chi connectivity index (χ2v) is 3.13. The molecule has 1 heteroatoms. The SMILES string of the molecule is [O]C1CCc2ccccc2C1. The summed E-state index contributed by atoms with van der Waals surface area (Å²) in [6.07, 6.45) is 2.17. The molecule has 1 nitrogen and oxygen atoms in total.